The van der Waals surface area contributed by atoms with Crippen LogP contribution in [-0.4, -0.2) is 80.3 Å². The maximum Gasteiger partial charge on any atom is 0.166 e. The summed E-state index contributed by atoms with van der Waals surface area (Å²) in [6.45, 7) is 7.21. The number of methoxy groups -OCH3 is 3. The Bertz CT molecular complexity index is 4090. The zero-order chi connectivity index (χ0) is 66.3. The second-order valence-corrected chi connectivity index (χ2v) is 30.7. The largest absolute Gasteiger partial charge is 0.361 e. The molecule has 0 saturated carbocycles. The van der Waals surface area contributed by atoms with E-state index in [1.165, 1.54) is 34.5 Å². The third-order valence-electron chi connectivity index (χ3n) is 14.2. The van der Waals surface area contributed by atoms with Gasteiger partial charge in [-0.15, -0.1) is 0 Å². The predicted molar refractivity (Wildman–Crippen MR) is 411 cm³/mol. The molecule has 1 saturated heterocycles. The van der Waals surface area contributed by atoms with Gasteiger partial charge in [-0.1, -0.05) is 140 Å². The van der Waals surface area contributed by atoms with Crippen LogP contribution in [0.4, 0.5) is 0 Å². The Morgan fingerprint density at radius 3 is 1.64 bits per heavy atom. The number of ketones is 1. The number of hydrogen-bond acceptors (Lipinski definition) is 13. The van der Waals surface area contributed by atoms with Crippen molar-refractivity contribution in [1.29, 1.82) is 5.26 Å². The first kappa shape index (κ1) is 79.2. The molecule has 0 aromatic heterocycles. The number of nitrogens with one attached hydrogen (secondary N) is 2. The van der Waals surface area contributed by atoms with Gasteiger partial charge in [0.1, 0.15) is 17.2 Å². The Morgan fingerprint density at radius 1 is 0.670 bits per heavy atom. The first-order valence-corrected chi connectivity index (χ1v) is 37.7. The van der Waals surface area contributed by atoms with Crippen LogP contribution in [-0.2, 0) is 51.2 Å². The van der Waals surface area contributed by atoms with E-state index in [9.17, 15) is 16.6 Å². The van der Waals surface area contributed by atoms with Crippen LogP contribution in [0.3, 0.4) is 0 Å². The number of halogens is 7. The molecular weight excluding hydrogens is 1620 g/mol. The predicted octanol–water partition coefficient (Wildman–Crippen LogP) is 19.1. The average molecular weight is 1690 g/mol. The number of ether oxygens (including phenoxy) is 3. The van der Waals surface area contributed by atoms with E-state index >= 15 is 0 Å². The molecule has 8 aromatic rings. The average Bonchev–Trinajstić information content (AvgIpc) is 1.63. The molecule has 498 valence electrons. The number of hydrogen-bond donors (Lipinski definition) is 3. The molecule has 23 heteroatoms. The molecule has 0 amide bonds. The summed E-state index contributed by atoms with van der Waals surface area (Å²) in [5, 5.41) is 21.2. The fourth-order valence-corrected chi connectivity index (χ4v) is 17.2. The monoisotopic (exact) mass is 1690 g/mol. The molecule has 13 nitrogen and oxygen atoms in total. The van der Waals surface area contributed by atoms with Gasteiger partial charge in [0.2, 0.25) is 0 Å². The Labute approximate surface area is 612 Å². The molecule has 11 rings (SSSR count). The Hall–Kier alpha value is -5.52. The van der Waals surface area contributed by atoms with Crippen LogP contribution in [0.2, 0.25) is 15.1 Å². The number of Topliss-reactive ketones (excluding diaryl/α,β-unsaturated/α-hetero) is 1. The van der Waals surface area contributed by atoms with Gasteiger partial charge in [-0.3, -0.25) is 9.79 Å². The molecule has 0 radical (unpaired) electrons. The van der Waals surface area contributed by atoms with Crippen molar-refractivity contribution in [2.45, 2.75) is 72.1 Å². The number of thiocarbonyl (C=S) groups is 1. The van der Waals surface area contributed by atoms with Gasteiger partial charge in [0.25, 0.3) is 0 Å². The van der Waals surface area contributed by atoms with Crippen LogP contribution in [0, 0.1) is 21.8 Å². The van der Waals surface area contributed by atoms with Crippen LogP contribution >= 0.6 is 127 Å². The first-order chi connectivity index (χ1) is 44.2. The number of aliphatic imine (C=N–C) groups is 1. The normalized spacial score (nSPS) is 12.6. The SMILES string of the molecule is C.C.COc1ccc(Br)cc1CCc1c(Cl)cccc1C#N.COc1ccc(Br)cc1CCc1c(Cl)cccc1C(C)=O.COc1ccc(Br)cc1CCc1c(Cl)cccc1C1=CSC2=NCCN12.Cc1ccc(S(=O)(=O)OI(O)c2ccccc2)cc1.S=C1NCCN1. The third kappa shape index (κ3) is 23.1. The number of rotatable bonds is 18. The standard InChI is InChI=1S/C20H18BrClN2OS.C17H16BrClO2.C16H13BrClNO.C13H13IO4S.C3H6N2S.2CH4/c1-25-19-8-6-14(21)11-13(19)5-7-15-16(3-2-4-17(15)22)18-12-26-20-23-9-10-24(18)20;1-11(20)14-4-3-5-16(19)15(14)8-6-12-10-13(18)7-9-17(12)21-2;1-20-16-8-6-13(17)9-11(16)5-7-14-12(10-19)3-2-4-15(14)18;1-11-7-9-13(10-8-11)19(16,17)18-14(15)12-5-3-2-4-6-12;6-3-4-1-2-5-3;;/h2-4,6,8,11-12H,5,7,9-10H2,1H3;3-5,7,9-10H,6,8H2,1-2H3;2-4,6,8-9H,5,7H2,1H3;2-10,15H,1H3;1-2H2,(H2,4,5,6);2*1H4. The fraction of sp³-hybridized carbons (Fsp3) is 0.239. The van der Waals surface area contributed by atoms with Gasteiger partial charge in [0.05, 0.1) is 45.2 Å². The van der Waals surface area contributed by atoms with E-state index in [0.29, 0.717) is 37.6 Å². The van der Waals surface area contributed by atoms with Gasteiger partial charge < -0.3 is 29.7 Å². The van der Waals surface area contributed by atoms with E-state index in [4.69, 9.17) is 69.0 Å². The molecule has 0 spiro atoms. The number of nitrogens with zero attached hydrogens (tertiary/aromatic N) is 3. The van der Waals surface area contributed by atoms with Crippen molar-refractivity contribution in [3.05, 3.63) is 257 Å². The van der Waals surface area contributed by atoms with Crippen molar-refractivity contribution < 1.29 is 33.4 Å². The number of amidine groups is 1. The number of thioether (sulfide) groups is 1. The van der Waals surface area contributed by atoms with E-state index in [1.807, 2.05) is 91.9 Å². The molecule has 0 unspecified atom stereocenters. The van der Waals surface area contributed by atoms with Crippen LogP contribution in [0.25, 0.3) is 5.70 Å². The number of carbonyl (C=O) groups excluding carboxylic acids is 1. The van der Waals surface area contributed by atoms with E-state index in [0.717, 1.165) is 126 Å². The molecule has 94 heavy (non-hydrogen) atoms. The van der Waals surface area contributed by atoms with Crippen LogP contribution < -0.4 is 24.8 Å². The summed E-state index contributed by atoms with van der Waals surface area (Å²) in [6.07, 6.45) is 4.63. The molecule has 0 aliphatic carbocycles. The molecule has 3 heterocycles. The van der Waals surface area contributed by atoms with Crippen molar-refractivity contribution in [1.82, 2.24) is 15.5 Å². The number of carbonyl (C=O) groups is 1. The number of fused-ring (bicyclic) bond motifs is 1. The minimum absolute atomic E-state index is 0. The molecular formula is C71H74Br3Cl3IN5O8S3. The van der Waals surface area contributed by atoms with Crippen molar-refractivity contribution in [2.75, 3.05) is 47.5 Å². The van der Waals surface area contributed by atoms with Crippen LogP contribution in [0.15, 0.2) is 193 Å². The van der Waals surface area contributed by atoms with Gasteiger partial charge in [-0.25, -0.2) is 0 Å². The molecule has 0 bridgehead atoms. The van der Waals surface area contributed by atoms with Gasteiger partial charge >= 0.3 is 121 Å². The van der Waals surface area contributed by atoms with Gasteiger partial charge in [-0.05, 0) is 170 Å². The second-order valence-electron chi connectivity index (χ2n) is 20.3. The van der Waals surface area contributed by atoms with Gasteiger partial charge in [0, 0.05) is 64.7 Å². The molecule has 1 fully saturated rings. The molecule has 8 aromatic carbocycles. The first-order valence-electron chi connectivity index (χ1n) is 28.6. The number of aryl methyl sites for hydroxylation is 4. The fourth-order valence-electron chi connectivity index (χ4n) is 9.64. The zero-order valence-electron chi connectivity index (χ0n) is 50.8. The summed E-state index contributed by atoms with van der Waals surface area (Å²) in [6, 6.07) is 52.0. The quantitative estimate of drug-likeness (QED) is 0.0421. The maximum atomic E-state index is 12.0. The van der Waals surface area contributed by atoms with Crippen molar-refractivity contribution in [3.63, 3.8) is 0 Å². The Morgan fingerprint density at radius 2 is 1.15 bits per heavy atom. The number of benzene rings is 8. The Kier molecular flexibility index (Phi) is 33.4. The molecule has 3 N–H and O–H groups in total. The van der Waals surface area contributed by atoms with E-state index < -0.39 is 30.8 Å². The second kappa shape index (κ2) is 39.6. The summed E-state index contributed by atoms with van der Waals surface area (Å²) >= 11 is 32.8. The van der Waals surface area contributed by atoms with Gasteiger partial charge in [0.15, 0.2) is 16.1 Å². The summed E-state index contributed by atoms with van der Waals surface area (Å²) < 4.78 is 58.7. The van der Waals surface area contributed by atoms with Crippen molar-refractivity contribution in [2.24, 2.45) is 4.99 Å². The maximum absolute atomic E-state index is 12.0. The zero-order valence-corrected chi connectivity index (χ0v) is 62.4. The summed E-state index contributed by atoms with van der Waals surface area (Å²) in [5.74, 6) is 2.63. The van der Waals surface area contributed by atoms with Gasteiger partial charge in [-0.2, -0.15) is 5.26 Å². The van der Waals surface area contributed by atoms with E-state index in [1.54, 1.807) is 94.6 Å². The molecule has 3 aliphatic rings. The van der Waals surface area contributed by atoms with E-state index in [-0.39, 0.29) is 25.5 Å². The molecule has 3 aliphatic heterocycles. The topological polar surface area (TPSA) is 172 Å². The summed E-state index contributed by atoms with van der Waals surface area (Å²) in [4.78, 5) is 18.6. The smallest absolute Gasteiger partial charge is 0.166 e. The summed E-state index contributed by atoms with van der Waals surface area (Å²) in [5.41, 5.74) is 11.0. The minimum Gasteiger partial charge on any atom is -0.361 e. The third-order valence-corrected chi connectivity index (χ3v) is 23.3. The van der Waals surface area contributed by atoms with Crippen LogP contribution in [0.5, 0.6) is 17.2 Å². The minimum atomic E-state index is -3.90. The number of nitriles is 1. The van der Waals surface area contributed by atoms with Crippen LogP contribution in [0.1, 0.15) is 82.2 Å². The molecule has 0 atom stereocenters. The van der Waals surface area contributed by atoms with E-state index in [2.05, 4.69) is 91.9 Å². The van der Waals surface area contributed by atoms with Crippen molar-refractivity contribution >= 4 is 159 Å². The van der Waals surface area contributed by atoms with Crippen molar-refractivity contribution in [3.8, 4) is 23.3 Å². The summed E-state index contributed by atoms with van der Waals surface area (Å²) in [7, 11) is 1.12. The Balaban J connectivity index is 0.000000220.